The third-order valence-corrected chi connectivity index (χ3v) is 8.84. The lowest BCUT2D eigenvalue weighted by Gasteiger charge is -2.21. The van der Waals surface area contributed by atoms with Gasteiger partial charge in [0.25, 0.3) is 0 Å². The maximum absolute atomic E-state index is 13.4. The monoisotopic (exact) mass is 654 g/mol. The number of benzene rings is 2. The summed E-state index contributed by atoms with van der Waals surface area (Å²) in [7, 11) is 3.20. The largest absolute Gasteiger partial charge is 0.497 e. The minimum absolute atomic E-state index is 0.0659. The Kier molecular flexibility index (Phi) is 13.5. The van der Waals surface area contributed by atoms with Crippen molar-refractivity contribution in [1.29, 1.82) is 0 Å². The van der Waals surface area contributed by atoms with E-state index in [9.17, 15) is 4.79 Å². The minimum atomic E-state index is -1.62. The van der Waals surface area contributed by atoms with Crippen LogP contribution in [0.15, 0.2) is 48.6 Å². The minimum Gasteiger partial charge on any atom is -0.497 e. The highest BCUT2D eigenvalue weighted by Gasteiger charge is 2.42. The average Bonchev–Trinajstić information content (AvgIpc) is 3.33. The zero-order valence-corrected chi connectivity index (χ0v) is 30.6. The maximum atomic E-state index is 13.4. The van der Waals surface area contributed by atoms with Crippen molar-refractivity contribution < 1.29 is 38.0 Å². The molecule has 0 aliphatic carbocycles. The zero-order chi connectivity index (χ0) is 34.1. The lowest BCUT2D eigenvalue weighted by Crippen LogP contribution is -2.30. The molecule has 3 rings (SSSR count). The molecule has 0 saturated carbocycles. The van der Waals surface area contributed by atoms with Gasteiger partial charge in [-0.05, 0) is 69.4 Å². The van der Waals surface area contributed by atoms with Gasteiger partial charge in [-0.15, -0.1) is 0 Å². The van der Waals surface area contributed by atoms with Crippen molar-refractivity contribution in [2.45, 2.75) is 97.8 Å². The van der Waals surface area contributed by atoms with E-state index in [0.29, 0.717) is 41.9 Å². The van der Waals surface area contributed by atoms with Crippen molar-refractivity contribution >= 4 is 20.1 Å². The lowest BCUT2D eigenvalue weighted by molar-refractivity contribution is -0.148. The van der Waals surface area contributed by atoms with Gasteiger partial charge in [0.1, 0.15) is 22.8 Å². The number of hydrogen-bond acceptors (Lipinski definition) is 8. The molecule has 1 saturated heterocycles. The molecule has 2 aromatic rings. The van der Waals surface area contributed by atoms with Crippen LogP contribution in [0.2, 0.25) is 19.6 Å². The van der Waals surface area contributed by atoms with Crippen LogP contribution in [0.1, 0.15) is 67.6 Å². The van der Waals surface area contributed by atoms with Gasteiger partial charge >= 0.3 is 5.97 Å². The first-order chi connectivity index (χ1) is 21.7. The summed E-state index contributed by atoms with van der Waals surface area (Å²) in [6, 6.07) is 9.66. The number of carbonyl (C=O) groups excluding carboxylic acids is 1. The summed E-state index contributed by atoms with van der Waals surface area (Å²) in [5, 5.41) is 0. The van der Waals surface area contributed by atoms with Gasteiger partial charge in [0.15, 0.2) is 5.79 Å². The molecule has 0 aromatic heterocycles. The van der Waals surface area contributed by atoms with Crippen molar-refractivity contribution in [1.82, 2.24) is 0 Å². The molecule has 1 heterocycles. The van der Waals surface area contributed by atoms with E-state index in [1.165, 1.54) is 0 Å². The molecule has 9 heteroatoms. The highest BCUT2D eigenvalue weighted by molar-refractivity contribution is 6.76. The van der Waals surface area contributed by atoms with Gasteiger partial charge in [0, 0.05) is 12.0 Å². The van der Waals surface area contributed by atoms with Crippen LogP contribution >= 0.6 is 0 Å². The Morgan fingerprint density at radius 2 is 1.65 bits per heavy atom. The fraction of sp³-hybridized carbons (Fsp3) is 0.541. The molecular weight excluding hydrogens is 600 g/mol. The van der Waals surface area contributed by atoms with Gasteiger partial charge < -0.3 is 33.2 Å². The van der Waals surface area contributed by atoms with Crippen LogP contribution in [0.4, 0.5) is 0 Å². The number of esters is 1. The molecule has 1 aliphatic rings. The molecule has 0 spiro atoms. The Hall–Kier alpha value is -3.11. The van der Waals surface area contributed by atoms with Crippen LogP contribution in [0, 0.1) is 12.8 Å². The highest BCUT2D eigenvalue weighted by Crippen LogP contribution is 2.37. The number of ether oxygens (including phenoxy) is 7. The first-order valence-corrected chi connectivity index (χ1v) is 19.7. The second kappa shape index (κ2) is 16.6. The van der Waals surface area contributed by atoms with Crippen LogP contribution in [-0.4, -0.2) is 65.7 Å². The summed E-state index contributed by atoms with van der Waals surface area (Å²) in [6.07, 6.45) is 9.87. The number of carbonyl (C=O) groups is 1. The molecule has 46 heavy (non-hydrogen) atoms. The Balaban J connectivity index is 1.70. The molecule has 2 aromatic carbocycles. The molecule has 0 amide bonds. The Morgan fingerprint density at radius 3 is 2.26 bits per heavy atom. The third-order valence-electron chi connectivity index (χ3n) is 7.83. The van der Waals surface area contributed by atoms with E-state index < -0.39 is 19.8 Å². The van der Waals surface area contributed by atoms with Gasteiger partial charge in [-0.1, -0.05) is 63.0 Å². The quantitative estimate of drug-likeness (QED) is 0.102. The van der Waals surface area contributed by atoms with Crippen molar-refractivity contribution in [3.8, 4) is 17.2 Å². The fourth-order valence-electron chi connectivity index (χ4n) is 5.33. The highest BCUT2D eigenvalue weighted by atomic mass is 28.3. The van der Waals surface area contributed by atoms with Gasteiger partial charge in [0.2, 0.25) is 0 Å². The Bertz CT molecular complexity index is 1340. The molecule has 254 valence electrons. The van der Waals surface area contributed by atoms with E-state index >= 15 is 0 Å². The first-order valence-electron chi connectivity index (χ1n) is 16.0. The Labute approximate surface area is 277 Å². The molecule has 1 aliphatic heterocycles. The van der Waals surface area contributed by atoms with E-state index in [1.54, 1.807) is 27.4 Å². The molecule has 0 N–H and O–H groups in total. The second-order valence-electron chi connectivity index (χ2n) is 13.6. The van der Waals surface area contributed by atoms with Crippen LogP contribution in [0.25, 0.3) is 6.08 Å². The van der Waals surface area contributed by atoms with Crippen LogP contribution in [-0.2, 0) is 25.6 Å². The second-order valence-corrected chi connectivity index (χ2v) is 19.0. The van der Waals surface area contributed by atoms with Crippen LogP contribution in [0.3, 0.4) is 0 Å². The number of methoxy groups -OCH3 is 3. The topological polar surface area (TPSA) is 81.7 Å². The third kappa shape index (κ3) is 10.7. The molecule has 4 atom stereocenters. The smallest absolute Gasteiger partial charge is 0.342 e. The first kappa shape index (κ1) is 37.3. The van der Waals surface area contributed by atoms with Gasteiger partial charge in [-0.2, -0.15) is 0 Å². The van der Waals surface area contributed by atoms with E-state index in [-0.39, 0.29) is 24.2 Å². The average molecular weight is 655 g/mol. The van der Waals surface area contributed by atoms with E-state index in [1.807, 2.05) is 57.2 Å². The normalized spacial score (nSPS) is 19.4. The van der Waals surface area contributed by atoms with E-state index in [0.717, 1.165) is 23.3 Å². The predicted molar refractivity (Wildman–Crippen MR) is 186 cm³/mol. The van der Waals surface area contributed by atoms with E-state index in [2.05, 4.69) is 45.6 Å². The summed E-state index contributed by atoms with van der Waals surface area (Å²) in [4.78, 5) is 13.4. The summed E-state index contributed by atoms with van der Waals surface area (Å²) < 4.78 is 41.0. The van der Waals surface area contributed by atoms with Crippen molar-refractivity contribution in [2.24, 2.45) is 5.92 Å². The van der Waals surface area contributed by atoms with Gasteiger partial charge in [0.05, 0.1) is 60.6 Å². The molecule has 0 bridgehead atoms. The Morgan fingerprint density at radius 1 is 0.978 bits per heavy atom. The summed E-state index contributed by atoms with van der Waals surface area (Å²) in [5.74, 6) is 0.898. The van der Waals surface area contributed by atoms with Crippen molar-refractivity contribution in [3.05, 3.63) is 70.8 Å². The fourth-order valence-corrected chi connectivity index (χ4v) is 5.90. The number of rotatable bonds is 16. The van der Waals surface area contributed by atoms with Crippen molar-refractivity contribution in [2.75, 3.05) is 27.6 Å². The number of hydrogen-bond donors (Lipinski definition) is 0. The zero-order valence-electron chi connectivity index (χ0n) is 29.6. The SMILES string of the molecule is COc1ccc(CO[C@H](C)C/C=C\C(C)[C@H]2OC(C)(C)O[C@@H]2C/C=C/c2c(C)c(OC)cc(OC)c2C(=O)OC[Si](C)(C)C)cc1. The molecule has 1 fully saturated rings. The van der Waals surface area contributed by atoms with Crippen LogP contribution < -0.4 is 14.2 Å². The molecule has 8 nitrogen and oxygen atoms in total. The van der Waals surface area contributed by atoms with Gasteiger partial charge in [-0.3, -0.25) is 0 Å². The van der Waals surface area contributed by atoms with Crippen LogP contribution in [0.5, 0.6) is 17.2 Å². The summed E-state index contributed by atoms with van der Waals surface area (Å²) in [5.41, 5.74) is 3.05. The molecule has 1 unspecified atom stereocenters. The molecule has 0 radical (unpaired) electrons. The standard InChI is InChI=1S/C37H54O8Si/c1-25(14-12-15-26(2)42-23-28-18-20-29(39-6)21-19-28)35-31(44-37(4,5)45-35)17-13-16-30-27(3)32(40-7)22-33(41-8)34(30)36(38)43-24-46(9,10)11/h12-14,16,18-22,25-26,31,35H,15,17,23-24H2,1-11H3/b14-12-,16-13+/t25?,26-,31-,35-/m1/s1. The van der Waals surface area contributed by atoms with E-state index in [4.69, 9.17) is 33.2 Å². The lowest BCUT2D eigenvalue weighted by atomic mass is 9.95. The molecular formula is C37H54O8Si. The van der Waals surface area contributed by atoms with Crippen molar-refractivity contribution in [3.63, 3.8) is 0 Å². The van der Waals surface area contributed by atoms with Gasteiger partial charge in [-0.25, -0.2) is 4.79 Å². The maximum Gasteiger partial charge on any atom is 0.342 e. The predicted octanol–water partition coefficient (Wildman–Crippen LogP) is 8.17. The summed E-state index contributed by atoms with van der Waals surface area (Å²) >= 11 is 0. The summed E-state index contributed by atoms with van der Waals surface area (Å²) in [6.45, 7) is 17.1.